The summed E-state index contributed by atoms with van der Waals surface area (Å²) in [6, 6.07) is 0. The third-order valence-electron chi connectivity index (χ3n) is 2.06. The Hall–Kier alpha value is -0.520. The van der Waals surface area contributed by atoms with E-state index >= 15 is 0 Å². The van der Waals surface area contributed by atoms with E-state index < -0.39 is 0 Å². The SMILES string of the molecule is CC#CCCNCC1(C)COC1. The largest absolute Gasteiger partial charge is 0.380 e. The van der Waals surface area contributed by atoms with E-state index in [1.807, 2.05) is 6.92 Å². The van der Waals surface area contributed by atoms with Gasteiger partial charge in [0.1, 0.15) is 0 Å². The average Bonchev–Trinajstić information content (AvgIpc) is 2.01. The first-order valence-electron chi connectivity index (χ1n) is 4.45. The fourth-order valence-corrected chi connectivity index (χ4v) is 1.22. The molecule has 0 radical (unpaired) electrons. The molecule has 2 heteroatoms. The molecule has 0 saturated carbocycles. The van der Waals surface area contributed by atoms with Gasteiger partial charge >= 0.3 is 0 Å². The second-order valence-electron chi connectivity index (χ2n) is 3.66. The fourth-order valence-electron chi connectivity index (χ4n) is 1.22. The van der Waals surface area contributed by atoms with Crippen LogP contribution >= 0.6 is 0 Å². The van der Waals surface area contributed by atoms with Crippen molar-refractivity contribution in [1.82, 2.24) is 5.32 Å². The van der Waals surface area contributed by atoms with Crippen LogP contribution in [0.15, 0.2) is 0 Å². The van der Waals surface area contributed by atoms with Gasteiger partial charge in [-0.2, -0.15) is 0 Å². The van der Waals surface area contributed by atoms with Gasteiger partial charge in [0.15, 0.2) is 0 Å². The minimum absolute atomic E-state index is 0.389. The lowest BCUT2D eigenvalue weighted by Gasteiger charge is -2.38. The van der Waals surface area contributed by atoms with E-state index in [0.29, 0.717) is 5.41 Å². The molecule has 0 aliphatic carbocycles. The van der Waals surface area contributed by atoms with Gasteiger partial charge < -0.3 is 10.1 Å². The molecule has 2 nitrogen and oxygen atoms in total. The lowest BCUT2D eigenvalue weighted by molar-refractivity contribution is -0.0988. The van der Waals surface area contributed by atoms with Crippen molar-refractivity contribution < 1.29 is 4.74 Å². The van der Waals surface area contributed by atoms with Crippen LogP contribution in [0.3, 0.4) is 0 Å². The molecule has 1 N–H and O–H groups in total. The molecular weight excluding hydrogens is 150 g/mol. The molecule has 12 heavy (non-hydrogen) atoms. The van der Waals surface area contributed by atoms with Crippen LogP contribution in [-0.4, -0.2) is 26.3 Å². The summed E-state index contributed by atoms with van der Waals surface area (Å²) in [6.07, 6.45) is 0.952. The van der Waals surface area contributed by atoms with Gasteiger partial charge in [0.05, 0.1) is 13.2 Å². The van der Waals surface area contributed by atoms with Crippen molar-refractivity contribution in [2.75, 3.05) is 26.3 Å². The number of hydrogen-bond donors (Lipinski definition) is 1. The second kappa shape index (κ2) is 4.49. The van der Waals surface area contributed by atoms with Gasteiger partial charge in [-0.1, -0.05) is 6.92 Å². The van der Waals surface area contributed by atoms with Crippen LogP contribution in [0.1, 0.15) is 20.3 Å². The molecule has 0 spiro atoms. The molecule has 0 amide bonds. The van der Waals surface area contributed by atoms with Gasteiger partial charge in [-0.3, -0.25) is 0 Å². The van der Waals surface area contributed by atoms with E-state index in [1.54, 1.807) is 0 Å². The highest BCUT2D eigenvalue weighted by Crippen LogP contribution is 2.24. The van der Waals surface area contributed by atoms with Crippen molar-refractivity contribution in [3.63, 3.8) is 0 Å². The number of ether oxygens (including phenoxy) is 1. The highest BCUT2D eigenvalue weighted by Gasteiger charge is 2.32. The van der Waals surface area contributed by atoms with Gasteiger partial charge in [0.2, 0.25) is 0 Å². The molecule has 1 saturated heterocycles. The van der Waals surface area contributed by atoms with E-state index in [2.05, 4.69) is 24.1 Å². The normalized spacial score (nSPS) is 19.2. The first-order chi connectivity index (χ1) is 5.77. The molecule has 1 aliphatic rings. The summed E-state index contributed by atoms with van der Waals surface area (Å²) in [5.74, 6) is 5.91. The standard InChI is InChI=1S/C10H17NO/c1-3-4-5-6-11-7-10(2)8-12-9-10/h11H,5-9H2,1-2H3. The maximum absolute atomic E-state index is 5.15. The molecule has 0 aromatic heterocycles. The zero-order valence-corrected chi connectivity index (χ0v) is 7.94. The van der Waals surface area contributed by atoms with E-state index in [0.717, 1.165) is 32.7 Å². The van der Waals surface area contributed by atoms with Gasteiger partial charge in [-0.25, -0.2) is 0 Å². The maximum atomic E-state index is 5.15. The Morgan fingerprint density at radius 1 is 1.50 bits per heavy atom. The van der Waals surface area contributed by atoms with Crippen molar-refractivity contribution in [1.29, 1.82) is 0 Å². The first-order valence-corrected chi connectivity index (χ1v) is 4.45. The topological polar surface area (TPSA) is 21.3 Å². The molecule has 0 atom stereocenters. The van der Waals surface area contributed by atoms with Crippen LogP contribution in [-0.2, 0) is 4.74 Å². The van der Waals surface area contributed by atoms with Crippen molar-refractivity contribution in [3.8, 4) is 11.8 Å². The Labute approximate surface area is 74.7 Å². The van der Waals surface area contributed by atoms with Crippen LogP contribution in [0.5, 0.6) is 0 Å². The van der Waals surface area contributed by atoms with Crippen LogP contribution < -0.4 is 5.32 Å². The number of hydrogen-bond acceptors (Lipinski definition) is 2. The smallest absolute Gasteiger partial charge is 0.0554 e. The molecule has 1 fully saturated rings. The second-order valence-corrected chi connectivity index (χ2v) is 3.66. The zero-order valence-electron chi connectivity index (χ0n) is 7.94. The highest BCUT2D eigenvalue weighted by atomic mass is 16.5. The van der Waals surface area contributed by atoms with Gasteiger partial charge in [0, 0.05) is 24.9 Å². The van der Waals surface area contributed by atoms with E-state index in [9.17, 15) is 0 Å². The van der Waals surface area contributed by atoms with E-state index in [1.165, 1.54) is 0 Å². The molecule has 0 unspecified atom stereocenters. The first kappa shape index (κ1) is 9.57. The lowest BCUT2D eigenvalue weighted by atomic mass is 9.89. The van der Waals surface area contributed by atoms with Crippen LogP contribution in [0.2, 0.25) is 0 Å². The van der Waals surface area contributed by atoms with E-state index in [4.69, 9.17) is 4.74 Å². The molecule has 1 aliphatic heterocycles. The van der Waals surface area contributed by atoms with Crippen molar-refractivity contribution >= 4 is 0 Å². The Bertz CT molecular complexity index is 186. The molecule has 1 heterocycles. The number of nitrogens with one attached hydrogen (secondary N) is 1. The molecule has 68 valence electrons. The predicted molar refractivity (Wildman–Crippen MR) is 49.9 cm³/mol. The quantitative estimate of drug-likeness (QED) is 0.498. The zero-order chi connectivity index (χ0) is 8.86. The molecule has 0 aromatic rings. The summed E-state index contributed by atoms with van der Waals surface area (Å²) in [5.41, 5.74) is 0.389. The highest BCUT2D eigenvalue weighted by molar-refractivity contribution is 4.95. The minimum atomic E-state index is 0.389. The Balaban J connectivity index is 1.97. The van der Waals surface area contributed by atoms with Crippen LogP contribution in [0, 0.1) is 17.3 Å². The van der Waals surface area contributed by atoms with Crippen molar-refractivity contribution in [2.45, 2.75) is 20.3 Å². The van der Waals surface area contributed by atoms with Gasteiger partial charge in [-0.05, 0) is 6.92 Å². The summed E-state index contributed by atoms with van der Waals surface area (Å²) >= 11 is 0. The lowest BCUT2D eigenvalue weighted by Crippen LogP contribution is -2.47. The van der Waals surface area contributed by atoms with E-state index in [-0.39, 0.29) is 0 Å². The summed E-state index contributed by atoms with van der Waals surface area (Å²) in [6.45, 7) is 7.98. The summed E-state index contributed by atoms with van der Waals surface area (Å²) in [5, 5.41) is 3.38. The summed E-state index contributed by atoms with van der Waals surface area (Å²) in [7, 11) is 0. The maximum Gasteiger partial charge on any atom is 0.0554 e. The molecule has 0 bridgehead atoms. The third-order valence-corrected chi connectivity index (χ3v) is 2.06. The average molecular weight is 167 g/mol. The summed E-state index contributed by atoms with van der Waals surface area (Å²) < 4.78 is 5.15. The fraction of sp³-hybridized carbons (Fsp3) is 0.800. The third kappa shape index (κ3) is 2.84. The monoisotopic (exact) mass is 167 g/mol. The summed E-state index contributed by atoms with van der Waals surface area (Å²) in [4.78, 5) is 0. The number of rotatable bonds is 4. The predicted octanol–water partition coefficient (Wildman–Crippen LogP) is 1.03. The Kier molecular flexibility index (Phi) is 3.58. The minimum Gasteiger partial charge on any atom is -0.380 e. The Morgan fingerprint density at radius 3 is 2.75 bits per heavy atom. The van der Waals surface area contributed by atoms with Crippen molar-refractivity contribution in [3.05, 3.63) is 0 Å². The van der Waals surface area contributed by atoms with Crippen molar-refractivity contribution in [2.24, 2.45) is 5.41 Å². The molecule has 1 rings (SSSR count). The van der Waals surface area contributed by atoms with Gasteiger partial charge in [-0.15, -0.1) is 11.8 Å². The Morgan fingerprint density at radius 2 is 2.25 bits per heavy atom. The van der Waals surface area contributed by atoms with Gasteiger partial charge in [0.25, 0.3) is 0 Å². The van der Waals surface area contributed by atoms with Crippen LogP contribution in [0.4, 0.5) is 0 Å². The molecule has 0 aromatic carbocycles. The van der Waals surface area contributed by atoms with Crippen LogP contribution in [0.25, 0.3) is 0 Å². The molecular formula is C10H17NO.